The van der Waals surface area contributed by atoms with Crippen LogP contribution in [0.1, 0.15) is 49.1 Å². The molecule has 2 aliphatic rings. The number of halogens is 1. The second-order valence-corrected chi connectivity index (χ2v) is 6.23. The summed E-state index contributed by atoms with van der Waals surface area (Å²) in [5, 5.41) is 3.40. The number of hydrogen-bond donors (Lipinski definition) is 1. The Labute approximate surface area is 121 Å². The Morgan fingerprint density at radius 2 is 2.00 bits per heavy atom. The molecule has 1 aromatic rings. The number of piperidine rings is 2. The van der Waals surface area contributed by atoms with E-state index in [0.29, 0.717) is 5.92 Å². The molecular formula is C17H25FN2. The van der Waals surface area contributed by atoms with Gasteiger partial charge in [0.25, 0.3) is 0 Å². The highest BCUT2D eigenvalue weighted by Crippen LogP contribution is 2.25. The second kappa shape index (κ2) is 6.68. The van der Waals surface area contributed by atoms with Gasteiger partial charge in [0.15, 0.2) is 0 Å². The molecule has 0 bridgehead atoms. The fourth-order valence-electron chi connectivity index (χ4n) is 3.44. The van der Waals surface area contributed by atoms with Crippen molar-refractivity contribution in [1.29, 1.82) is 0 Å². The fraction of sp³-hybridized carbons (Fsp3) is 0.647. The lowest BCUT2D eigenvalue weighted by Crippen LogP contribution is -2.30. The van der Waals surface area contributed by atoms with E-state index in [9.17, 15) is 4.39 Å². The molecule has 1 N–H and O–H groups in total. The van der Waals surface area contributed by atoms with Gasteiger partial charge >= 0.3 is 0 Å². The van der Waals surface area contributed by atoms with Crippen molar-refractivity contribution in [3.8, 4) is 0 Å². The molecular weight excluding hydrogens is 251 g/mol. The topological polar surface area (TPSA) is 15.3 Å². The van der Waals surface area contributed by atoms with Crippen molar-refractivity contribution >= 4 is 0 Å². The van der Waals surface area contributed by atoms with Crippen molar-refractivity contribution in [2.45, 2.75) is 44.6 Å². The third-order valence-electron chi connectivity index (χ3n) is 4.69. The molecule has 20 heavy (non-hydrogen) atoms. The third kappa shape index (κ3) is 3.39. The molecule has 0 spiro atoms. The molecule has 1 aromatic carbocycles. The maximum absolute atomic E-state index is 14.3. The lowest BCUT2D eigenvalue weighted by Gasteiger charge is -2.27. The Bertz CT molecular complexity index is 435. The Morgan fingerprint density at radius 1 is 1.15 bits per heavy atom. The van der Waals surface area contributed by atoms with Crippen LogP contribution in [0.25, 0.3) is 0 Å². The monoisotopic (exact) mass is 276 g/mol. The van der Waals surface area contributed by atoms with Crippen LogP contribution in [-0.2, 0) is 6.54 Å². The summed E-state index contributed by atoms with van der Waals surface area (Å²) in [7, 11) is 0. The van der Waals surface area contributed by atoms with E-state index in [1.54, 1.807) is 6.07 Å². The van der Waals surface area contributed by atoms with E-state index >= 15 is 0 Å². The van der Waals surface area contributed by atoms with Crippen molar-refractivity contribution in [1.82, 2.24) is 10.2 Å². The Balaban J connectivity index is 1.66. The highest BCUT2D eigenvalue weighted by Gasteiger charge is 2.18. The van der Waals surface area contributed by atoms with Crippen molar-refractivity contribution in [2.75, 3.05) is 26.2 Å². The van der Waals surface area contributed by atoms with Crippen LogP contribution >= 0.6 is 0 Å². The van der Waals surface area contributed by atoms with Gasteiger partial charge in [-0.25, -0.2) is 4.39 Å². The van der Waals surface area contributed by atoms with E-state index in [-0.39, 0.29) is 5.82 Å². The molecule has 2 heterocycles. The van der Waals surface area contributed by atoms with E-state index < -0.39 is 0 Å². The number of benzene rings is 1. The van der Waals surface area contributed by atoms with Crippen LogP contribution in [0.4, 0.5) is 4.39 Å². The number of nitrogens with zero attached hydrogens (tertiary/aromatic N) is 1. The summed E-state index contributed by atoms with van der Waals surface area (Å²) in [6, 6.07) is 5.92. The number of likely N-dealkylation sites (tertiary alicyclic amines) is 1. The van der Waals surface area contributed by atoms with Gasteiger partial charge in [0, 0.05) is 18.7 Å². The highest BCUT2D eigenvalue weighted by molar-refractivity contribution is 5.27. The summed E-state index contributed by atoms with van der Waals surface area (Å²) in [4.78, 5) is 2.38. The van der Waals surface area contributed by atoms with Crippen LogP contribution in [0.3, 0.4) is 0 Å². The summed E-state index contributed by atoms with van der Waals surface area (Å²) >= 11 is 0. The zero-order valence-electron chi connectivity index (χ0n) is 12.2. The summed E-state index contributed by atoms with van der Waals surface area (Å²) in [6.07, 6.45) is 6.22. The van der Waals surface area contributed by atoms with Crippen LogP contribution < -0.4 is 5.32 Å². The van der Waals surface area contributed by atoms with Crippen molar-refractivity contribution in [3.05, 3.63) is 35.1 Å². The minimum absolute atomic E-state index is 0.0151. The molecule has 2 saturated heterocycles. The fourth-order valence-corrected chi connectivity index (χ4v) is 3.44. The molecule has 1 atom stereocenters. The summed E-state index contributed by atoms with van der Waals surface area (Å²) in [5.74, 6) is 0.473. The van der Waals surface area contributed by atoms with Crippen LogP contribution in [0.5, 0.6) is 0 Å². The highest BCUT2D eigenvalue weighted by atomic mass is 19.1. The Hall–Kier alpha value is -0.930. The van der Waals surface area contributed by atoms with Gasteiger partial charge < -0.3 is 5.32 Å². The molecule has 1 unspecified atom stereocenters. The smallest absolute Gasteiger partial charge is 0.127 e. The quantitative estimate of drug-likeness (QED) is 0.911. The normalized spacial score (nSPS) is 24.8. The zero-order chi connectivity index (χ0) is 13.8. The standard InChI is InChI=1S/C17H25FN2/c18-17-11-14(15-5-4-8-19-12-15)6-7-16(17)13-20-9-2-1-3-10-20/h6-7,11,15,19H,1-5,8-10,12-13H2. The van der Waals surface area contributed by atoms with E-state index in [1.807, 2.05) is 6.07 Å². The predicted molar refractivity (Wildman–Crippen MR) is 80.4 cm³/mol. The van der Waals surface area contributed by atoms with Gasteiger partial charge in [0.1, 0.15) is 5.82 Å². The van der Waals surface area contributed by atoms with Gasteiger partial charge in [-0.15, -0.1) is 0 Å². The lowest BCUT2D eigenvalue weighted by molar-refractivity contribution is 0.218. The molecule has 2 nitrogen and oxygen atoms in total. The minimum Gasteiger partial charge on any atom is -0.316 e. The molecule has 3 heteroatoms. The second-order valence-electron chi connectivity index (χ2n) is 6.23. The SMILES string of the molecule is Fc1cc(C2CCCNC2)ccc1CN1CCCCC1. The first-order valence-electron chi connectivity index (χ1n) is 8.04. The minimum atomic E-state index is -0.0151. The molecule has 110 valence electrons. The maximum atomic E-state index is 14.3. The van der Waals surface area contributed by atoms with Crippen molar-refractivity contribution in [3.63, 3.8) is 0 Å². The van der Waals surface area contributed by atoms with Gasteiger partial charge in [-0.05, 0) is 62.9 Å². The van der Waals surface area contributed by atoms with Gasteiger partial charge in [0.2, 0.25) is 0 Å². The summed E-state index contributed by atoms with van der Waals surface area (Å²) in [6.45, 7) is 5.10. The Morgan fingerprint density at radius 3 is 2.70 bits per heavy atom. The lowest BCUT2D eigenvalue weighted by atomic mass is 9.91. The Kier molecular flexibility index (Phi) is 4.69. The van der Waals surface area contributed by atoms with Crippen LogP contribution in [-0.4, -0.2) is 31.1 Å². The number of rotatable bonds is 3. The van der Waals surface area contributed by atoms with Gasteiger partial charge in [-0.1, -0.05) is 18.6 Å². The van der Waals surface area contributed by atoms with E-state index in [2.05, 4.69) is 16.3 Å². The van der Waals surface area contributed by atoms with Gasteiger partial charge in [-0.2, -0.15) is 0 Å². The average Bonchev–Trinajstić information content (AvgIpc) is 2.51. The summed E-state index contributed by atoms with van der Waals surface area (Å²) in [5.41, 5.74) is 2.02. The largest absolute Gasteiger partial charge is 0.316 e. The van der Waals surface area contributed by atoms with E-state index in [1.165, 1.54) is 32.1 Å². The van der Waals surface area contributed by atoms with Gasteiger partial charge in [0.05, 0.1) is 0 Å². The molecule has 0 saturated carbocycles. The van der Waals surface area contributed by atoms with Crippen molar-refractivity contribution < 1.29 is 4.39 Å². The molecule has 0 radical (unpaired) electrons. The molecule has 2 fully saturated rings. The number of nitrogens with one attached hydrogen (secondary N) is 1. The third-order valence-corrected chi connectivity index (χ3v) is 4.69. The number of hydrogen-bond acceptors (Lipinski definition) is 2. The summed E-state index contributed by atoms with van der Waals surface area (Å²) < 4.78 is 14.3. The maximum Gasteiger partial charge on any atom is 0.127 e. The molecule has 0 aliphatic carbocycles. The molecule has 0 aromatic heterocycles. The molecule has 2 aliphatic heterocycles. The average molecular weight is 276 g/mol. The van der Waals surface area contributed by atoms with Gasteiger partial charge in [-0.3, -0.25) is 4.90 Å². The van der Waals surface area contributed by atoms with E-state index in [4.69, 9.17) is 0 Å². The van der Waals surface area contributed by atoms with Crippen LogP contribution in [0.15, 0.2) is 18.2 Å². The van der Waals surface area contributed by atoms with Crippen LogP contribution in [0, 0.1) is 5.82 Å². The first kappa shape index (κ1) is 14.0. The first-order valence-corrected chi connectivity index (χ1v) is 8.04. The predicted octanol–water partition coefficient (Wildman–Crippen LogP) is 3.28. The molecule has 0 amide bonds. The van der Waals surface area contributed by atoms with E-state index in [0.717, 1.165) is 43.9 Å². The first-order chi connectivity index (χ1) is 9.83. The van der Waals surface area contributed by atoms with Crippen LogP contribution in [0.2, 0.25) is 0 Å². The van der Waals surface area contributed by atoms with Crippen molar-refractivity contribution in [2.24, 2.45) is 0 Å². The molecule has 3 rings (SSSR count). The zero-order valence-corrected chi connectivity index (χ0v) is 12.2.